The Morgan fingerprint density at radius 2 is 1.64 bits per heavy atom. The number of phenolic OH excluding ortho intramolecular Hbond substituents is 1. The first kappa shape index (κ1) is 16.5. The fraction of sp³-hybridized carbons (Fsp3) is 0.263. The van der Waals surface area contributed by atoms with Gasteiger partial charge in [-0.1, -0.05) is 42.5 Å². The van der Waals surface area contributed by atoms with Crippen LogP contribution in [0.4, 0.5) is 0 Å². The Bertz CT molecular complexity index is 669. The molecule has 2 nitrogen and oxygen atoms in total. The Morgan fingerprint density at radius 1 is 0.955 bits per heavy atom. The molecule has 3 aromatic rings. The van der Waals surface area contributed by atoms with Gasteiger partial charge in [-0.2, -0.15) is 0 Å². The predicted octanol–water partition coefficient (Wildman–Crippen LogP) is 5.01. The van der Waals surface area contributed by atoms with Crippen molar-refractivity contribution < 1.29 is 5.11 Å². The summed E-state index contributed by atoms with van der Waals surface area (Å²) in [5, 5.41) is 16.3. The largest absolute Gasteiger partial charge is 0.507 e. The highest BCUT2D eigenvalue weighted by molar-refractivity contribution is 7.10. The Labute approximate surface area is 136 Å². The fourth-order valence-electron chi connectivity index (χ4n) is 2.10. The van der Waals surface area contributed by atoms with Gasteiger partial charge >= 0.3 is 0 Å². The van der Waals surface area contributed by atoms with Crippen LogP contribution in [0, 0.1) is 0 Å². The number of fused-ring (bicyclic) bond motifs is 1. The van der Waals surface area contributed by atoms with Crippen molar-refractivity contribution in [1.82, 2.24) is 5.32 Å². The zero-order valence-corrected chi connectivity index (χ0v) is 13.9. The second-order valence-corrected chi connectivity index (χ2v) is 6.27. The summed E-state index contributed by atoms with van der Waals surface area (Å²) in [5.41, 5.74) is 0. The molecule has 1 saturated carbocycles. The first-order valence-corrected chi connectivity index (χ1v) is 8.42. The quantitative estimate of drug-likeness (QED) is 0.662. The van der Waals surface area contributed by atoms with Gasteiger partial charge in [0, 0.05) is 10.3 Å². The minimum absolute atomic E-state index is 0.350. The molecule has 1 aromatic heterocycles. The molecule has 1 fully saturated rings. The first-order chi connectivity index (χ1) is 10.8. The average molecular weight is 313 g/mol. The highest BCUT2D eigenvalue weighted by Gasteiger charge is 2.23. The summed E-state index contributed by atoms with van der Waals surface area (Å²) in [6.45, 7) is 0. The number of nitrogens with one attached hydrogen (secondary N) is 1. The summed E-state index contributed by atoms with van der Waals surface area (Å²) in [4.78, 5) is 1.59. The van der Waals surface area contributed by atoms with Crippen LogP contribution in [-0.2, 0) is 0 Å². The lowest BCUT2D eigenvalue weighted by molar-refractivity contribution is 0.481. The summed E-state index contributed by atoms with van der Waals surface area (Å²) in [7, 11) is 3.75. The van der Waals surface area contributed by atoms with Gasteiger partial charge in [0.2, 0.25) is 0 Å². The Kier molecular flexibility index (Phi) is 6.44. The molecule has 1 aliphatic carbocycles. The lowest BCUT2D eigenvalue weighted by Gasteiger charge is -1.97. The van der Waals surface area contributed by atoms with E-state index >= 15 is 0 Å². The minimum atomic E-state index is 0.350. The molecule has 4 rings (SSSR count). The number of benzene rings is 2. The van der Waals surface area contributed by atoms with Gasteiger partial charge in [0.05, 0.1) is 0 Å². The van der Waals surface area contributed by atoms with Gasteiger partial charge in [0.15, 0.2) is 0 Å². The molecule has 0 aliphatic heterocycles. The van der Waals surface area contributed by atoms with E-state index in [1.165, 1.54) is 12.8 Å². The molecule has 3 heteroatoms. The number of thiophene rings is 1. The second-order valence-electron chi connectivity index (χ2n) is 5.29. The summed E-state index contributed by atoms with van der Waals surface area (Å²) in [5.74, 6) is 1.30. The maximum Gasteiger partial charge on any atom is 0.123 e. The molecule has 1 aliphatic rings. The molecular weight excluding hydrogens is 290 g/mol. The maximum absolute atomic E-state index is 9.37. The van der Waals surface area contributed by atoms with Crippen molar-refractivity contribution >= 4 is 22.1 Å². The van der Waals surface area contributed by atoms with Crippen LogP contribution in [0.1, 0.15) is 23.6 Å². The van der Waals surface area contributed by atoms with Crippen molar-refractivity contribution in [3.8, 4) is 5.75 Å². The van der Waals surface area contributed by atoms with Crippen LogP contribution in [0.5, 0.6) is 5.75 Å². The smallest absolute Gasteiger partial charge is 0.123 e. The van der Waals surface area contributed by atoms with Gasteiger partial charge in [-0.25, -0.2) is 0 Å². The van der Waals surface area contributed by atoms with Crippen LogP contribution in [0.15, 0.2) is 60.0 Å². The molecule has 1 heterocycles. The molecule has 0 amide bonds. The van der Waals surface area contributed by atoms with Gasteiger partial charge < -0.3 is 10.4 Å². The topological polar surface area (TPSA) is 32.3 Å². The Balaban J connectivity index is 0.000000141. The molecule has 2 aromatic carbocycles. The van der Waals surface area contributed by atoms with E-state index in [1.807, 2.05) is 61.8 Å². The van der Waals surface area contributed by atoms with Gasteiger partial charge in [-0.3, -0.25) is 0 Å². The van der Waals surface area contributed by atoms with Gasteiger partial charge in [0.1, 0.15) is 5.75 Å². The minimum Gasteiger partial charge on any atom is -0.507 e. The highest BCUT2D eigenvalue weighted by atomic mass is 32.1. The van der Waals surface area contributed by atoms with E-state index in [2.05, 4.69) is 22.8 Å². The monoisotopic (exact) mass is 313 g/mol. The number of phenols is 1. The van der Waals surface area contributed by atoms with E-state index in [0.29, 0.717) is 5.75 Å². The van der Waals surface area contributed by atoms with E-state index in [4.69, 9.17) is 0 Å². The third kappa shape index (κ3) is 4.86. The van der Waals surface area contributed by atoms with Gasteiger partial charge in [0.25, 0.3) is 0 Å². The number of hydrogen-bond acceptors (Lipinski definition) is 3. The maximum atomic E-state index is 9.37. The molecule has 0 bridgehead atoms. The van der Waals surface area contributed by atoms with Crippen LogP contribution < -0.4 is 5.32 Å². The number of hydrogen-bond donors (Lipinski definition) is 2. The number of rotatable bonds is 1. The van der Waals surface area contributed by atoms with Crippen molar-refractivity contribution in [3.63, 3.8) is 0 Å². The van der Waals surface area contributed by atoms with Crippen molar-refractivity contribution in [2.75, 3.05) is 14.1 Å². The van der Waals surface area contributed by atoms with Crippen LogP contribution in [0.3, 0.4) is 0 Å². The average Bonchev–Trinajstić information content (AvgIpc) is 3.24. The van der Waals surface area contributed by atoms with Crippen LogP contribution in [0.2, 0.25) is 0 Å². The Morgan fingerprint density at radius 3 is 2.23 bits per heavy atom. The lowest BCUT2D eigenvalue weighted by atomic mass is 10.1. The van der Waals surface area contributed by atoms with Gasteiger partial charge in [-0.15, -0.1) is 11.3 Å². The molecule has 2 N–H and O–H groups in total. The fourth-order valence-corrected chi connectivity index (χ4v) is 3.00. The SMILES string of the molecule is CNC.Oc1cccc2ccccc12.c1csc(C2CC2)c1. The molecule has 0 radical (unpaired) electrons. The molecule has 116 valence electrons. The first-order valence-electron chi connectivity index (χ1n) is 7.55. The van der Waals surface area contributed by atoms with Gasteiger partial charge in [-0.05, 0) is 55.8 Å². The van der Waals surface area contributed by atoms with Crippen molar-refractivity contribution in [3.05, 3.63) is 64.9 Å². The number of aromatic hydroxyl groups is 1. The zero-order chi connectivity index (χ0) is 15.8. The summed E-state index contributed by atoms with van der Waals surface area (Å²) in [6, 6.07) is 17.7. The van der Waals surface area contributed by atoms with E-state index in [-0.39, 0.29) is 0 Å². The molecule has 0 unspecified atom stereocenters. The molecule has 22 heavy (non-hydrogen) atoms. The van der Waals surface area contributed by atoms with E-state index in [0.717, 1.165) is 16.7 Å². The molecule has 0 atom stereocenters. The van der Waals surface area contributed by atoms with Crippen LogP contribution in [-0.4, -0.2) is 19.2 Å². The summed E-state index contributed by atoms with van der Waals surface area (Å²) >= 11 is 1.89. The second kappa shape index (κ2) is 8.57. The third-order valence-electron chi connectivity index (χ3n) is 3.29. The zero-order valence-electron chi connectivity index (χ0n) is 13.1. The third-order valence-corrected chi connectivity index (χ3v) is 4.32. The van der Waals surface area contributed by atoms with Crippen molar-refractivity contribution in [2.45, 2.75) is 18.8 Å². The van der Waals surface area contributed by atoms with E-state index < -0.39 is 0 Å². The normalized spacial score (nSPS) is 12.8. The predicted molar refractivity (Wildman–Crippen MR) is 96.9 cm³/mol. The molecule has 0 saturated heterocycles. The lowest BCUT2D eigenvalue weighted by Crippen LogP contribution is -1.89. The van der Waals surface area contributed by atoms with Crippen LogP contribution in [0.25, 0.3) is 10.8 Å². The molecular formula is C19H23NOS. The standard InChI is InChI=1S/C10H8O.C7H8S.C2H7N/c11-10-7-3-5-8-4-1-2-6-9(8)10;1-2-7(8-5-1)6-3-4-6;1-3-2/h1-7,11H;1-2,5-6H,3-4H2;3H,1-2H3. The van der Waals surface area contributed by atoms with E-state index in [9.17, 15) is 5.11 Å². The summed E-state index contributed by atoms with van der Waals surface area (Å²) in [6.07, 6.45) is 2.86. The van der Waals surface area contributed by atoms with E-state index in [1.54, 1.807) is 10.9 Å². The summed E-state index contributed by atoms with van der Waals surface area (Å²) < 4.78 is 0. The van der Waals surface area contributed by atoms with Crippen molar-refractivity contribution in [1.29, 1.82) is 0 Å². The molecule has 0 spiro atoms. The van der Waals surface area contributed by atoms with Crippen LogP contribution >= 0.6 is 11.3 Å². The van der Waals surface area contributed by atoms with Crippen molar-refractivity contribution in [2.24, 2.45) is 0 Å². The Hall–Kier alpha value is -1.84. The highest BCUT2D eigenvalue weighted by Crippen LogP contribution is 2.41.